The summed E-state index contributed by atoms with van der Waals surface area (Å²) in [6.07, 6.45) is 11.0. The van der Waals surface area contributed by atoms with Gasteiger partial charge in [-0.1, -0.05) is 68.8 Å². The van der Waals surface area contributed by atoms with Crippen LogP contribution in [-0.4, -0.2) is 4.98 Å². The molecule has 0 radical (unpaired) electrons. The lowest BCUT2D eigenvalue weighted by molar-refractivity contribution is 0.608. The molecule has 0 unspecified atom stereocenters. The van der Waals surface area contributed by atoms with Crippen LogP contribution in [0.1, 0.15) is 51.0 Å². The zero-order valence-corrected chi connectivity index (χ0v) is 12.4. The third-order valence-corrected chi connectivity index (χ3v) is 3.95. The van der Waals surface area contributed by atoms with E-state index in [0.29, 0.717) is 5.15 Å². The fraction of sp³-hybridized carbons (Fsp3) is 0.471. The highest BCUT2D eigenvalue weighted by Gasteiger charge is 2.04. The summed E-state index contributed by atoms with van der Waals surface area (Å²) in [5, 5.41) is 2.95. The summed E-state index contributed by atoms with van der Waals surface area (Å²) in [6.45, 7) is 2.26. The van der Waals surface area contributed by atoms with E-state index in [-0.39, 0.29) is 0 Å². The molecular formula is C17H22ClN. The predicted octanol–water partition coefficient (Wildman–Crippen LogP) is 5.79. The maximum Gasteiger partial charge on any atom is 0.136 e. The van der Waals surface area contributed by atoms with Crippen molar-refractivity contribution in [2.75, 3.05) is 0 Å². The van der Waals surface area contributed by atoms with Gasteiger partial charge in [0.2, 0.25) is 0 Å². The second kappa shape index (κ2) is 7.49. The number of rotatable bonds is 7. The maximum absolute atomic E-state index is 6.14. The first-order valence-electron chi connectivity index (χ1n) is 7.35. The first-order chi connectivity index (χ1) is 9.33. The highest BCUT2D eigenvalue weighted by Crippen LogP contribution is 2.25. The molecule has 0 fully saturated rings. The molecule has 0 saturated carbocycles. The zero-order valence-electron chi connectivity index (χ0n) is 11.7. The van der Waals surface area contributed by atoms with Crippen LogP contribution < -0.4 is 0 Å². The van der Waals surface area contributed by atoms with Gasteiger partial charge in [0, 0.05) is 11.6 Å². The molecule has 0 aliphatic rings. The van der Waals surface area contributed by atoms with Gasteiger partial charge in [0.1, 0.15) is 5.15 Å². The molecule has 2 heteroatoms. The highest BCUT2D eigenvalue weighted by atomic mass is 35.5. The minimum atomic E-state index is 0.613. The lowest BCUT2D eigenvalue weighted by Crippen LogP contribution is -1.89. The van der Waals surface area contributed by atoms with Gasteiger partial charge in [0.15, 0.2) is 0 Å². The molecule has 0 saturated heterocycles. The lowest BCUT2D eigenvalue weighted by Gasteiger charge is -2.07. The molecule has 0 amide bonds. The molecular weight excluding hydrogens is 254 g/mol. The summed E-state index contributed by atoms with van der Waals surface area (Å²) >= 11 is 6.14. The summed E-state index contributed by atoms with van der Waals surface area (Å²) in [4.78, 5) is 4.14. The van der Waals surface area contributed by atoms with Crippen LogP contribution in [0.5, 0.6) is 0 Å². The van der Waals surface area contributed by atoms with Crippen LogP contribution in [0, 0.1) is 0 Å². The van der Waals surface area contributed by atoms with Crippen molar-refractivity contribution in [3.8, 4) is 0 Å². The van der Waals surface area contributed by atoms with E-state index in [9.17, 15) is 0 Å². The number of aryl methyl sites for hydroxylation is 1. The summed E-state index contributed by atoms with van der Waals surface area (Å²) < 4.78 is 0. The van der Waals surface area contributed by atoms with E-state index in [1.54, 1.807) is 6.20 Å². The molecule has 1 aromatic heterocycles. The molecule has 0 aliphatic heterocycles. The van der Waals surface area contributed by atoms with Crippen LogP contribution in [0.15, 0.2) is 30.5 Å². The van der Waals surface area contributed by atoms with Crippen molar-refractivity contribution >= 4 is 22.4 Å². The van der Waals surface area contributed by atoms with Gasteiger partial charge in [-0.05, 0) is 29.9 Å². The second-order valence-corrected chi connectivity index (χ2v) is 5.49. The topological polar surface area (TPSA) is 12.9 Å². The van der Waals surface area contributed by atoms with E-state index >= 15 is 0 Å². The van der Waals surface area contributed by atoms with Crippen molar-refractivity contribution in [2.45, 2.75) is 51.9 Å². The average molecular weight is 276 g/mol. The van der Waals surface area contributed by atoms with Crippen molar-refractivity contribution in [2.24, 2.45) is 0 Å². The monoisotopic (exact) mass is 275 g/mol. The number of unbranched alkanes of at least 4 members (excludes halogenated alkanes) is 5. The van der Waals surface area contributed by atoms with Gasteiger partial charge in [0.05, 0.1) is 0 Å². The van der Waals surface area contributed by atoms with Crippen LogP contribution in [-0.2, 0) is 6.42 Å². The molecule has 0 N–H and O–H groups in total. The summed E-state index contributed by atoms with van der Waals surface area (Å²) in [6, 6.07) is 8.43. The number of nitrogens with zero attached hydrogens (tertiary/aromatic N) is 1. The van der Waals surface area contributed by atoms with E-state index in [2.05, 4.69) is 36.2 Å². The van der Waals surface area contributed by atoms with Crippen molar-refractivity contribution in [3.63, 3.8) is 0 Å². The van der Waals surface area contributed by atoms with E-state index in [0.717, 1.165) is 11.8 Å². The number of pyridine rings is 1. The molecule has 0 atom stereocenters. The van der Waals surface area contributed by atoms with Gasteiger partial charge in [-0.15, -0.1) is 0 Å². The predicted molar refractivity (Wildman–Crippen MR) is 83.8 cm³/mol. The van der Waals surface area contributed by atoms with E-state index in [1.807, 2.05) is 0 Å². The van der Waals surface area contributed by atoms with Crippen molar-refractivity contribution < 1.29 is 0 Å². The minimum Gasteiger partial charge on any atom is -0.244 e. The zero-order chi connectivity index (χ0) is 13.5. The van der Waals surface area contributed by atoms with E-state index in [1.165, 1.54) is 49.5 Å². The van der Waals surface area contributed by atoms with Crippen LogP contribution in [0.3, 0.4) is 0 Å². The molecule has 0 spiro atoms. The third-order valence-electron chi connectivity index (χ3n) is 3.65. The highest BCUT2D eigenvalue weighted by molar-refractivity contribution is 6.34. The quantitative estimate of drug-likeness (QED) is 0.460. The van der Waals surface area contributed by atoms with E-state index < -0.39 is 0 Å². The summed E-state index contributed by atoms with van der Waals surface area (Å²) in [7, 11) is 0. The normalized spacial score (nSPS) is 11.1. The Kier molecular flexibility index (Phi) is 5.65. The Balaban J connectivity index is 1.95. The van der Waals surface area contributed by atoms with Crippen LogP contribution >= 0.6 is 11.6 Å². The SMILES string of the molecule is CCCCCCCCc1cccc2c(Cl)nccc12. The first kappa shape index (κ1) is 14.3. The third kappa shape index (κ3) is 3.94. The van der Waals surface area contributed by atoms with Crippen LogP contribution in [0.2, 0.25) is 5.15 Å². The molecule has 1 nitrogen and oxygen atoms in total. The molecule has 19 heavy (non-hydrogen) atoms. The first-order valence-corrected chi connectivity index (χ1v) is 7.73. The number of hydrogen-bond donors (Lipinski definition) is 0. The number of hydrogen-bond acceptors (Lipinski definition) is 1. The van der Waals surface area contributed by atoms with Crippen molar-refractivity contribution in [1.82, 2.24) is 4.98 Å². The minimum absolute atomic E-state index is 0.613. The van der Waals surface area contributed by atoms with Gasteiger partial charge < -0.3 is 0 Å². The maximum atomic E-state index is 6.14. The number of aromatic nitrogens is 1. The molecule has 1 heterocycles. The molecule has 1 aromatic carbocycles. The summed E-state index contributed by atoms with van der Waals surface area (Å²) in [5.41, 5.74) is 1.40. The Morgan fingerprint density at radius 3 is 2.58 bits per heavy atom. The average Bonchev–Trinajstić information content (AvgIpc) is 2.43. The lowest BCUT2D eigenvalue weighted by atomic mass is 10.0. The fourth-order valence-electron chi connectivity index (χ4n) is 2.55. The molecule has 0 bridgehead atoms. The van der Waals surface area contributed by atoms with Gasteiger partial charge in [0.25, 0.3) is 0 Å². The number of halogens is 1. The largest absolute Gasteiger partial charge is 0.244 e. The smallest absolute Gasteiger partial charge is 0.136 e. The Morgan fingerprint density at radius 2 is 1.74 bits per heavy atom. The van der Waals surface area contributed by atoms with Crippen molar-refractivity contribution in [3.05, 3.63) is 41.2 Å². The van der Waals surface area contributed by atoms with Gasteiger partial charge in [-0.3, -0.25) is 0 Å². The summed E-state index contributed by atoms with van der Waals surface area (Å²) in [5.74, 6) is 0. The van der Waals surface area contributed by atoms with Gasteiger partial charge >= 0.3 is 0 Å². The molecule has 0 aliphatic carbocycles. The molecule has 2 aromatic rings. The second-order valence-electron chi connectivity index (χ2n) is 5.13. The van der Waals surface area contributed by atoms with Gasteiger partial charge in [-0.2, -0.15) is 0 Å². The Morgan fingerprint density at radius 1 is 0.947 bits per heavy atom. The Labute approximate surface area is 121 Å². The van der Waals surface area contributed by atoms with Crippen LogP contribution in [0.25, 0.3) is 10.8 Å². The van der Waals surface area contributed by atoms with Gasteiger partial charge in [-0.25, -0.2) is 4.98 Å². The standard InChI is InChI=1S/C17H22ClN/c1-2-3-4-5-6-7-9-14-10-8-11-16-15(14)12-13-19-17(16)18/h8,10-13H,2-7,9H2,1H3. The van der Waals surface area contributed by atoms with Crippen molar-refractivity contribution in [1.29, 1.82) is 0 Å². The number of benzene rings is 1. The Bertz CT molecular complexity index is 522. The molecule has 102 valence electrons. The Hall–Kier alpha value is -1.08. The van der Waals surface area contributed by atoms with E-state index in [4.69, 9.17) is 11.6 Å². The molecule has 2 rings (SSSR count). The fourth-order valence-corrected chi connectivity index (χ4v) is 2.77. The number of fused-ring (bicyclic) bond motifs is 1. The van der Waals surface area contributed by atoms with Crippen LogP contribution in [0.4, 0.5) is 0 Å².